The molecule has 1 atom stereocenters. The molecule has 2 fully saturated rings. The van der Waals surface area contributed by atoms with Crippen molar-refractivity contribution in [1.29, 1.82) is 0 Å². The van der Waals surface area contributed by atoms with Crippen LogP contribution < -0.4 is 15.5 Å². The highest BCUT2D eigenvalue weighted by Crippen LogP contribution is 2.25. The Labute approximate surface area is 162 Å². The minimum Gasteiger partial charge on any atom is -0.372 e. The van der Waals surface area contributed by atoms with Crippen LogP contribution in [0.2, 0.25) is 0 Å². The van der Waals surface area contributed by atoms with Gasteiger partial charge in [0.25, 0.3) is 0 Å². The summed E-state index contributed by atoms with van der Waals surface area (Å²) in [5, 5.41) is 5.98. The first kappa shape index (κ1) is 19.7. The summed E-state index contributed by atoms with van der Waals surface area (Å²) in [7, 11) is 0. The van der Waals surface area contributed by atoms with Gasteiger partial charge in [-0.1, -0.05) is 33.1 Å². The number of anilines is 2. The first-order valence-corrected chi connectivity index (χ1v) is 10.5. The van der Waals surface area contributed by atoms with Crippen LogP contribution in [0.15, 0.2) is 24.3 Å². The Hall–Kier alpha value is -2.04. The van der Waals surface area contributed by atoms with Gasteiger partial charge in [-0.3, -0.25) is 9.59 Å². The Balaban J connectivity index is 1.58. The summed E-state index contributed by atoms with van der Waals surface area (Å²) in [5.41, 5.74) is 1.98. The lowest BCUT2D eigenvalue weighted by molar-refractivity contribution is -0.130. The molecule has 5 nitrogen and oxygen atoms in total. The molecular formula is C22H33N3O2. The monoisotopic (exact) mass is 371 g/mol. The summed E-state index contributed by atoms with van der Waals surface area (Å²) < 4.78 is 0. The molecule has 2 amide bonds. The number of benzene rings is 1. The number of nitrogens with one attached hydrogen (secondary N) is 2. The van der Waals surface area contributed by atoms with Crippen molar-refractivity contribution in [1.82, 2.24) is 5.32 Å². The van der Waals surface area contributed by atoms with Crippen LogP contribution in [0.25, 0.3) is 0 Å². The highest BCUT2D eigenvalue weighted by atomic mass is 16.2. The molecule has 1 aromatic rings. The smallest absolute Gasteiger partial charge is 0.247 e. The molecule has 1 unspecified atom stereocenters. The van der Waals surface area contributed by atoms with Crippen LogP contribution in [-0.4, -0.2) is 30.9 Å². The molecular weight excluding hydrogens is 338 g/mol. The van der Waals surface area contributed by atoms with E-state index in [0.29, 0.717) is 0 Å². The van der Waals surface area contributed by atoms with E-state index in [2.05, 4.69) is 27.7 Å². The van der Waals surface area contributed by atoms with E-state index in [1.165, 1.54) is 24.9 Å². The van der Waals surface area contributed by atoms with Crippen molar-refractivity contribution in [3.8, 4) is 0 Å². The predicted molar refractivity (Wildman–Crippen MR) is 110 cm³/mol. The fourth-order valence-electron chi connectivity index (χ4n) is 4.12. The molecule has 0 bridgehead atoms. The number of carbonyl (C=O) groups excluding carboxylic acids is 2. The molecule has 1 aliphatic heterocycles. The minimum atomic E-state index is -0.502. The Morgan fingerprint density at radius 3 is 2.19 bits per heavy atom. The Bertz CT molecular complexity index is 629. The molecule has 5 heteroatoms. The molecule has 1 heterocycles. The summed E-state index contributed by atoms with van der Waals surface area (Å²) in [4.78, 5) is 27.7. The van der Waals surface area contributed by atoms with E-state index in [-0.39, 0.29) is 23.7 Å². The number of amides is 2. The molecule has 1 saturated carbocycles. The summed E-state index contributed by atoms with van der Waals surface area (Å²) >= 11 is 0. The highest BCUT2D eigenvalue weighted by molar-refractivity contribution is 5.97. The van der Waals surface area contributed by atoms with Gasteiger partial charge in [-0.25, -0.2) is 0 Å². The molecule has 2 N–H and O–H groups in total. The standard InChI is InChI=1S/C22H33N3O2/c1-16(2)20(24-21(26)17-8-4-3-5-9-17)22(27)23-18-10-12-19(13-11-18)25-14-6-7-15-25/h10-13,16-17,20H,3-9,14-15H2,1-2H3,(H,23,27)(H,24,26). The van der Waals surface area contributed by atoms with Crippen LogP contribution in [0.4, 0.5) is 11.4 Å². The van der Waals surface area contributed by atoms with Crippen molar-refractivity contribution in [2.24, 2.45) is 11.8 Å². The molecule has 3 rings (SSSR count). The zero-order chi connectivity index (χ0) is 19.2. The quantitative estimate of drug-likeness (QED) is 0.796. The molecule has 1 aliphatic carbocycles. The molecule has 1 aromatic carbocycles. The summed E-state index contributed by atoms with van der Waals surface area (Å²) in [6.07, 6.45) is 7.81. The predicted octanol–water partition coefficient (Wildman–Crippen LogP) is 3.95. The Kier molecular flexibility index (Phi) is 6.75. The lowest BCUT2D eigenvalue weighted by atomic mass is 9.88. The maximum Gasteiger partial charge on any atom is 0.247 e. The molecule has 148 valence electrons. The first-order valence-electron chi connectivity index (χ1n) is 10.5. The van der Waals surface area contributed by atoms with Gasteiger partial charge in [0.2, 0.25) is 11.8 Å². The van der Waals surface area contributed by atoms with E-state index < -0.39 is 6.04 Å². The third-order valence-electron chi connectivity index (χ3n) is 5.83. The van der Waals surface area contributed by atoms with Crippen molar-refractivity contribution >= 4 is 23.2 Å². The second kappa shape index (κ2) is 9.25. The van der Waals surface area contributed by atoms with Crippen molar-refractivity contribution in [2.75, 3.05) is 23.3 Å². The molecule has 0 aromatic heterocycles. The second-order valence-corrected chi connectivity index (χ2v) is 8.30. The highest BCUT2D eigenvalue weighted by Gasteiger charge is 2.28. The average Bonchev–Trinajstić information content (AvgIpc) is 3.21. The molecule has 27 heavy (non-hydrogen) atoms. The summed E-state index contributed by atoms with van der Waals surface area (Å²) in [5.74, 6) is 0.00460. The summed E-state index contributed by atoms with van der Waals surface area (Å²) in [6, 6.07) is 7.52. The fourth-order valence-corrected chi connectivity index (χ4v) is 4.12. The van der Waals surface area contributed by atoms with Gasteiger partial charge in [0, 0.05) is 30.4 Å². The van der Waals surface area contributed by atoms with Gasteiger partial charge < -0.3 is 15.5 Å². The van der Waals surface area contributed by atoms with Crippen molar-refractivity contribution in [3.05, 3.63) is 24.3 Å². The SMILES string of the molecule is CC(C)C(NC(=O)C1CCCCC1)C(=O)Nc1ccc(N2CCCC2)cc1. The van der Waals surface area contributed by atoms with Gasteiger partial charge in [0.1, 0.15) is 6.04 Å². The zero-order valence-electron chi connectivity index (χ0n) is 16.7. The van der Waals surface area contributed by atoms with Gasteiger partial charge in [-0.15, -0.1) is 0 Å². The van der Waals surface area contributed by atoms with Gasteiger partial charge in [0.05, 0.1) is 0 Å². The van der Waals surface area contributed by atoms with Crippen molar-refractivity contribution < 1.29 is 9.59 Å². The first-order chi connectivity index (χ1) is 13.0. The Morgan fingerprint density at radius 1 is 0.963 bits per heavy atom. The number of carbonyl (C=O) groups is 2. The van der Waals surface area contributed by atoms with Crippen molar-refractivity contribution in [3.63, 3.8) is 0 Å². The lowest BCUT2D eigenvalue weighted by Crippen LogP contribution is -2.49. The van der Waals surface area contributed by atoms with E-state index in [0.717, 1.165) is 44.5 Å². The second-order valence-electron chi connectivity index (χ2n) is 8.30. The minimum absolute atomic E-state index is 0.0351. The van der Waals surface area contributed by atoms with Crippen LogP contribution in [0, 0.1) is 11.8 Å². The molecule has 1 saturated heterocycles. The fraction of sp³-hybridized carbons (Fsp3) is 0.636. The number of hydrogen-bond acceptors (Lipinski definition) is 3. The van der Waals surface area contributed by atoms with Crippen LogP contribution in [0.5, 0.6) is 0 Å². The topological polar surface area (TPSA) is 61.4 Å². The normalized spacial score (nSPS) is 19.1. The number of hydrogen-bond donors (Lipinski definition) is 2. The van der Waals surface area contributed by atoms with Gasteiger partial charge in [0.15, 0.2) is 0 Å². The third kappa shape index (κ3) is 5.24. The lowest BCUT2D eigenvalue weighted by Gasteiger charge is -2.26. The van der Waals surface area contributed by atoms with Gasteiger partial charge in [-0.2, -0.15) is 0 Å². The molecule has 2 aliphatic rings. The average molecular weight is 372 g/mol. The van der Waals surface area contributed by atoms with E-state index in [9.17, 15) is 9.59 Å². The number of nitrogens with zero attached hydrogens (tertiary/aromatic N) is 1. The van der Waals surface area contributed by atoms with E-state index in [4.69, 9.17) is 0 Å². The molecule has 0 spiro atoms. The largest absolute Gasteiger partial charge is 0.372 e. The van der Waals surface area contributed by atoms with Crippen molar-refractivity contribution in [2.45, 2.75) is 64.8 Å². The van der Waals surface area contributed by atoms with Gasteiger partial charge in [-0.05, 0) is 55.9 Å². The van der Waals surface area contributed by atoms with E-state index in [1.807, 2.05) is 26.0 Å². The van der Waals surface area contributed by atoms with Crippen LogP contribution in [0.1, 0.15) is 58.8 Å². The maximum atomic E-state index is 12.8. The van der Waals surface area contributed by atoms with E-state index >= 15 is 0 Å². The summed E-state index contributed by atoms with van der Waals surface area (Å²) in [6.45, 7) is 6.16. The van der Waals surface area contributed by atoms with Crippen LogP contribution >= 0.6 is 0 Å². The maximum absolute atomic E-state index is 12.8. The van der Waals surface area contributed by atoms with Gasteiger partial charge >= 0.3 is 0 Å². The van der Waals surface area contributed by atoms with Crippen LogP contribution in [-0.2, 0) is 9.59 Å². The third-order valence-corrected chi connectivity index (χ3v) is 5.83. The Morgan fingerprint density at radius 2 is 1.59 bits per heavy atom. The van der Waals surface area contributed by atoms with Crippen LogP contribution in [0.3, 0.4) is 0 Å². The zero-order valence-corrected chi connectivity index (χ0v) is 16.7. The van der Waals surface area contributed by atoms with E-state index in [1.54, 1.807) is 0 Å². The number of rotatable bonds is 6. The molecule has 0 radical (unpaired) electrons.